The van der Waals surface area contributed by atoms with Gasteiger partial charge in [-0.1, -0.05) is 6.92 Å². The quantitative estimate of drug-likeness (QED) is 0.842. The van der Waals surface area contributed by atoms with Gasteiger partial charge in [-0.15, -0.1) is 0 Å². The standard InChI is InChI=1S/C15H23N3O2/c1-4-17(9-14-5-8-20-11-14)10-15-12(2)16-18(6-7-19)13(15)3/h5,8,11,19H,4,6-7,9-10H2,1-3H3. The Kier molecular flexibility index (Phi) is 4.98. The highest BCUT2D eigenvalue weighted by molar-refractivity contribution is 5.24. The summed E-state index contributed by atoms with van der Waals surface area (Å²) in [5, 5.41) is 13.6. The van der Waals surface area contributed by atoms with Crippen LogP contribution in [0.5, 0.6) is 0 Å². The molecule has 20 heavy (non-hydrogen) atoms. The molecule has 2 heterocycles. The van der Waals surface area contributed by atoms with Crippen LogP contribution >= 0.6 is 0 Å². The van der Waals surface area contributed by atoms with E-state index >= 15 is 0 Å². The zero-order valence-electron chi connectivity index (χ0n) is 12.5. The van der Waals surface area contributed by atoms with Gasteiger partial charge in [-0.3, -0.25) is 9.58 Å². The Morgan fingerprint density at radius 2 is 2.15 bits per heavy atom. The summed E-state index contributed by atoms with van der Waals surface area (Å²) in [7, 11) is 0. The first-order valence-corrected chi connectivity index (χ1v) is 7.02. The van der Waals surface area contributed by atoms with Gasteiger partial charge in [-0.25, -0.2) is 0 Å². The third-order valence-electron chi connectivity index (χ3n) is 3.66. The second-order valence-electron chi connectivity index (χ2n) is 5.03. The third-order valence-corrected chi connectivity index (χ3v) is 3.66. The van der Waals surface area contributed by atoms with Crippen molar-refractivity contribution in [3.8, 4) is 0 Å². The molecule has 0 amide bonds. The van der Waals surface area contributed by atoms with E-state index in [9.17, 15) is 0 Å². The van der Waals surface area contributed by atoms with E-state index in [1.165, 1.54) is 11.1 Å². The van der Waals surface area contributed by atoms with Crippen molar-refractivity contribution in [3.63, 3.8) is 0 Å². The van der Waals surface area contributed by atoms with Gasteiger partial charge in [0.15, 0.2) is 0 Å². The van der Waals surface area contributed by atoms with E-state index in [1.54, 1.807) is 12.5 Å². The molecule has 0 saturated heterocycles. The van der Waals surface area contributed by atoms with Crippen LogP contribution in [0.15, 0.2) is 23.0 Å². The van der Waals surface area contributed by atoms with Gasteiger partial charge in [0.05, 0.1) is 31.4 Å². The molecule has 1 N–H and O–H groups in total. The molecule has 0 spiro atoms. The summed E-state index contributed by atoms with van der Waals surface area (Å²) in [5.41, 5.74) is 4.62. The first kappa shape index (κ1) is 14.8. The molecule has 110 valence electrons. The van der Waals surface area contributed by atoms with Gasteiger partial charge in [-0.05, 0) is 26.5 Å². The maximum absolute atomic E-state index is 9.06. The number of hydrogen-bond donors (Lipinski definition) is 1. The molecule has 0 fully saturated rings. The molecule has 2 aromatic rings. The Labute approximate surface area is 119 Å². The molecule has 0 saturated carbocycles. The van der Waals surface area contributed by atoms with Gasteiger partial charge in [-0.2, -0.15) is 5.10 Å². The van der Waals surface area contributed by atoms with Crippen molar-refractivity contribution in [3.05, 3.63) is 41.1 Å². The third kappa shape index (κ3) is 3.29. The molecule has 0 aromatic carbocycles. The van der Waals surface area contributed by atoms with Crippen molar-refractivity contribution in [2.75, 3.05) is 13.2 Å². The largest absolute Gasteiger partial charge is 0.472 e. The van der Waals surface area contributed by atoms with Crippen molar-refractivity contribution >= 4 is 0 Å². The molecule has 5 nitrogen and oxygen atoms in total. The van der Waals surface area contributed by atoms with Crippen LogP contribution in [0, 0.1) is 13.8 Å². The maximum Gasteiger partial charge on any atom is 0.0947 e. The Bertz CT molecular complexity index is 532. The lowest BCUT2D eigenvalue weighted by Gasteiger charge is -2.19. The fourth-order valence-electron chi connectivity index (χ4n) is 2.42. The molecule has 2 rings (SSSR count). The molecule has 5 heteroatoms. The number of nitrogens with zero attached hydrogens (tertiary/aromatic N) is 3. The highest BCUT2D eigenvalue weighted by Gasteiger charge is 2.14. The van der Waals surface area contributed by atoms with Crippen molar-refractivity contribution in [2.45, 2.75) is 40.4 Å². The Morgan fingerprint density at radius 3 is 2.75 bits per heavy atom. The van der Waals surface area contributed by atoms with Crippen molar-refractivity contribution in [1.82, 2.24) is 14.7 Å². The Hall–Kier alpha value is -1.59. The predicted molar refractivity (Wildman–Crippen MR) is 77.3 cm³/mol. The normalized spacial score (nSPS) is 11.4. The first-order chi connectivity index (χ1) is 9.65. The SMILES string of the molecule is CCN(Cc1ccoc1)Cc1c(C)nn(CCO)c1C. The van der Waals surface area contributed by atoms with E-state index in [-0.39, 0.29) is 6.61 Å². The lowest BCUT2D eigenvalue weighted by molar-refractivity contribution is 0.264. The summed E-state index contributed by atoms with van der Waals surface area (Å²) in [4.78, 5) is 2.35. The minimum absolute atomic E-state index is 0.119. The lowest BCUT2D eigenvalue weighted by Crippen LogP contribution is -2.22. The van der Waals surface area contributed by atoms with E-state index in [0.717, 1.165) is 31.0 Å². The molecule has 0 aliphatic heterocycles. The smallest absolute Gasteiger partial charge is 0.0947 e. The molecule has 2 aromatic heterocycles. The van der Waals surface area contributed by atoms with Crippen LogP contribution in [-0.2, 0) is 19.6 Å². The van der Waals surface area contributed by atoms with Crippen molar-refractivity contribution in [1.29, 1.82) is 0 Å². The van der Waals surface area contributed by atoms with Gasteiger partial charge in [0.1, 0.15) is 0 Å². The second-order valence-corrected chi connectivity index (χ2v) is 5.03. The van der Waals surface area contributed by atoms with Gasteiger partial charge in [0.2, 0.25) is 0 Å². The average Bonchev–Trinajstić information content (AvgIpc) is 3.02. The van der Waals surface area contributed by atoms with E-state index in [4.69, 9.17) is 9.52 Å². The van der Waals surface area contributed by atoms with Crippen LogP contribution in [-0.4, -0.2) is 32.9 Å². The van der Waals surface area contributed by atoms with Gasteiger partial charge in [0.25, 0.3) is 0 Å². The van der Waals surface area contributed by atoms with Crippen LogP contribution < -0.4 is 0 Å². The zero-order valence-corrected chi connectivity index (χ0v) is 12.5. The van der Waals surface area contributed by atoms with Crippen LogP contribution in [0.3, 0.4) is 0 Å². The fourth-order valence-corrected chi connectivity index (χ4v) is 2.42. The summed E-state index contributed by atoms with van der Waals surface area (Å²) < 4.78 is 7.01. The van der Waals surface area contributed by atoms with E-state index in [0.29, 0.717) is 6.54 Å². The summed E-state index contributed by atoms with van der Waals surface area (Å²) >= 11 is 0. The van der Waals surface area contributed by atoms with Crippen LogP contribution in [0.4, 0.5) is 0 Å². The van der Waals surface area contributed by atoms with Crippen molar-refractivity contribution < 1.29 is 9.52 Å². The molecular formula is C15H23N3O2. The lowest BCUT2D eigenvalue weighted by atomic mass is 10.1. The minimum atomic E-state index is 0.119. The fraction of sp³-hybridized carbons (Fsp3) is 0.533. The van der Waals surface area contributed by atoms with Crippen LogP contribution in [0.2, 0.25) is 0 Å². The van der Waals surface area contributed by atoms with E-state index in [2.05, 4.69) is 23.8 Å². The second kappa shape index (κ2) is 6.72. The average molecular weight is 277 g/mol. The zero-order chi connectivity index (χ0) is 14.5. The minimum Gasteiger partial charge on any atom is -0.472 e. The van der Waals surface area contributed by atoms with E-state index < -0.39 is 0 Å². The molecular weight excluding hydrogens is 254 g/mol. The number of aromatic nitrogens is 2. The number of rotatable bonds is 7. The molecule has 0 radical (unpaired) electrons. The summed E-state index contributed by atoms with van der Waals surface area (Å²) in [6.45, 7) is 9.63. The van der Waals surface area contributed by atoms with E-state index in [1.807, 2.05) is 17.7 Å². The monoisotopic (exact) mass is 277 g/mol. The maximum atomic E-state index is 9.06. The topological polar surface area (TPSA) is 54.4 Å². The molecule has 0 unspecified atom stereocenters. The van der Waals surface area contributed by atoms with Crippen LogP contribution in [0.25, 0.3) is 0 Å². The number of hydrogen-bond acceptors (Lipinski definition) is 4. The first-order valence-electron chi connectivity index (χ1n) is 7.02. The highest BCUT2D eigenvalue weighted by atomic mass is 16.3. The Morgan fingerprint density at radius 1 is 1.35 bits per heavy atom. The number of furan rings is 1. The summed E-state index contributed by atoms with van der Waals surface area (Å²) in [6, 6.07) is 2.00. The van der Waals surface area contributed by atoms with Gasteiger partial charge >= 0.3 is 0 Å². The van der Waals surface area contributed by atoms with Gasteiger partial charge in [0, 0.05) is 29.9 Å². The van der Waals surface area contributed by atoms with Crippen molar-refractivity contribution in [2.24, 2.45) is 0 Å². The number of aliphatic hydroxyl groups is 1. The van der Waals surface area contributed by atoms with Gasteiger partial charge < -0.3 is 9.52 Å². The highest BCUT2D eigenvalue weighted by Crippen LogP contribution is 2.17. The number of aryl methyl sites for hydroxylation is 1. The molecule has 0 aliphatic rings. The predicted octanol–water partition coefficient (Wildman–Crippen LogP) is 2.11. The summed E-state index contributed by atoms with van der Waals surface area (Å²) in [5.74, 6) is 0. The van der Waals surface area contributed by atoms with Crippen LogP contribution in [0.1, 0.15) is 29.4 Å². The molecule has 0 atom stereocenters. The number of aliphatic hydroxyl groups excluding tert-OH is 1. The Balaban J connectivity index is 2.11. The molecule has 0 aliphatic carbocycles. The summed E-state index contributed by atoms with van der Waals surface area (Å²) in [6.07, 6.45) is 3.50. The molecule has 0 bridgehead atoms.